The van der Waals surface area contributed by atoms with Gasteiger partial charge in [-0.3, -0.25) is 4.79 Å². The van der Waals surface area contributed by atoms with Crippen molar-refractivity contribution in [3.8, 4) is 16.9 Å². The van der Waals surface area contributed by atoms with E-state index in [1.807, 2.05) is 5.32 Å². The van der Waals surface area contributed by atoms with Crippen LogP contribution in [0.5, 0.6) is 5.75 Å². The molecule has 0 aromatic heterocycles. The van der Waals surface area contributed by atoms with Crippen LogP contribution in [0, 0.1) is 5.82 Å². The van der Waals surface area contributed by atoms with Gasteiger partial charge in [0.05, 0.1) is 29.8 Å². The van der Waals surface area contributed by atoms with Gasteiger partial charge in [-0.25, -0.2) is 4.39 Å². The first-order valence-electron chi connectivity index (χ1n) is 9.40. The molecule has 0 heterocycles. The number of rotatable bonds is 6. The molecule has 0 bridgehead atoms. The van der Waals surface area contributed by atoms with E-state index in [2.05, 4.69) is 0 Å². The molecule has 3 aromatic carbocycles. The fourth-order valence-corrected chi connectivity index (χ4v) is 3.46. The van der Waals surface area contributed by atoms with Gasteiger partial charge < -0.3 is 10.1 Å². The SMILES string of the molecule is COc1cc(-c2ccc(C(F)(F)CNC(=O)c3ccccc3C(F)(F)F)c(Cl)c2)ccc1F. The van der Waals surface area contributed by atoms with Crippen molar-refractivity contribution in [1.82, 2.24) is 5.32 Å². The van der Waals surface area contributed by atoms with Gasteiger partial charge in [0, 0.05) is 5.56 Å². The van der Waals surface area contributed by atoms with E-state index in [1.165, 1.54) is 37.4 Å². The maximum atomic E-state index is 14.7. The van der Waals surface area contributed by atoms with E-state index >= 15 is 0 Å². The highest BCUT2D eigenvalue weighted by atomic mass is 35.5. The molecule has 0 saturated carbocycles. The molecule has 0 radical (unpaired) electrons. The van der Waals surface area contributed by atoms with Gasteiger partial charge in [-0.1, -0.05) is 41.9 Å². The van der Waals surface area contributed by atoms with Crippen LogP contribution in [0.15, 0.2) is 60.7 Å². The number of methoxy groups -OCH3 is 1. The molecule has 33 heavy (non-hydrogen) atoms. The van der Waals surface area contributed by atoms with Crippen LogP contribution in [0.1, 0.15) is 21.5 Å². The van der Waals surface area contributed by atoms with Crippen LogP contribution < -0.4 is 10.1 Å². The predicted octanol–water partition coefficient (Wildman–Crippen LogP) is 6.70. The molecular formula is C23H16ClF6NO2. The molecule has 174 valence electrons. The van der Waals surface area contributed by atoms with Gasteiger partial charge in [0.2, 0.25) is 0 Å². The van der Waals surface area contributed by atoms with E-state index < -0.39 is 47.1 Å². The number of hydrogen-bond acceptors (Lipinski definition) is 2. The number of alkyl halides is 5. The molecule has 0 aliphatic rings. The molecule has 3 nitrogen and oxygen atoms in total. The zero-order valence-electron chi connectivity index (χ0n) is 16.9. The van der Waals surface area contributed by atoms with Crippen LogP contribution in [0.3, 0.4) is 0 Å². The maximum Gasteiger partial charge on any atom is 0.417 e. The summed E-state index contributed by atoms with van der Waals surface area (Å²) in [5.74, 6) is -5.62. The summed E-state index contributed by atoms with van der Waals surface area (Å²) in [4.78, 5) is 12.2. The lowest BCUT2D eigenvalue weighted by Crippen LogP contribution is -2.36. The standard InChI is InChI=1S/C23H16ClF6NO2/c1-33-20-11-14(7-9-19(20)25)13-6-8-17(18(24)10-13)22(26,27)12-31-21(32)15-4-2-3-5-16(15)23(28,29)30/h2-11H,12H2,1H3,(H,31,32). The molecule has 0 aliphatic carbocycles. The second-order valence-electron chi connectivity index (χ2n) is 6.97. The highest BCUT2D eigenvalue weighted by Gasteiger charge is 2.37. The normalized spacial score (nSPS) is 11.9. The topological polar surface area (TPSA) is 38.3 Å². The number of carbonyl (C=O) groups excluding carboxylic acids is 1. The first-order chi connectivity index (χ1) is 15.4. The number of nitrogens with one attached hydrogen (secondary N) is 1. The highest BCUT2D eigenvalue weighted by Crippen LogP contribution is 2.37. The van der Waals surface area contributed by atoms with Crippen LogP contribution in [-0.4, -0.2) is 19.6 Å². The Bertz CT molecular complexity index is 1180. The average Bonchev–Trinajstić information content (AvgIpc) is 2.77. The Morgan fingerprint density at radius 2 is 1.58 bits per heavy atom. The van der Waals surface area contributed by atoms with Crippen LogP contribution in [-0.2, 0) is 12.1 Å². The largest absolute Gasteiger partial charge is 0.494 e. The summed E-state index contributed by atoms with van der Waals surface area (Å²) in [5, 5.41) is 1.50. The zero-order valence-corrected chi connectivity index (χ0v) is 17.7. The number of ether oxygens (including phenoxy) is 1. The van der Waals surface area contributed by atoms with Crippen LogP contribution in [0.2, 0.25) is 5.02 Å². The second-order valence-corrected chi connectivity index (χ2v) is 7.38. The molecule has 3 rings (SSSR count). The Morgan fingerprint density at radius 3 is 2.21 bits per heavy atom. The summed E-state index contributed by atoms with van der Waals surface area (Å²) in [6, 6.07) is 11.4. The first kappa shape index (κ1) is 24.4. The van der Waals surface area contributed by atoms with E-state index in [9.17, 15) is 31.1 Å². The molecule has 0 atom stereocenters. The summed E-state index contributed by atoms with van der Waals surface area (Å²) < 4.78 is 87.2. The van der Waals surface area contributed by atoms with Gasteiger partial charge in [-0.15, -0.1) is 0 Å². The molecule has 0 aliphatic heterocycles. The van der Waals surface area contributed by atoms with Crippen molar-refractivity contribution in [3.63, 3.8) is 0 Å². The molecule has 1 amide bonds. The Hall–Kier alpha value is -3.20. The van der Waals surface area contributed by atoms with Crippen molar-refractivity contribution in [1.29, 1.82) is 0 Å². The Kier molecular flexibility index (Phi) is 6.92. The van der Waals surface area contributed by atoms with Crippen molar-refractivity contribution in [2.75, 3.05) is 13.7 Å². The van der Waals surface area contributed by atoms with Gasteiger partial charge in [-0.2, -0.15) is 22.0 Å². The van der Waals surface area contributed by atoms with E-state index in [0.717, 1.165) is 24.3 Å². The van der Waals surface area contributed by atoms with Crippen LogP contribution in [0.4, 0.5) is 26.3 Å². The summed E-state index contributed by atoms with van der Waals surface area (Å²) >= 11 is 6.04. The lowest BCUT2D eigenvalue weighted by molar-refractivity contribution is -0.137. The zero-order chi connectivity index (χ0) is 24.4. The van der Waals surface area contributed by atoms with E-state index in [0.29, 0.717) is 17.2 Å². The lowest BCUT2D eigenvalue weighted by atomic mass is 10.0. The number of benzene rings is 3. The predicted molar refractivity (Wildman–Crippen MR) is 111 cm³/mol. The Balaban J connectivity index is 1.80. The van der Waals surface area contributed by atoms with Gasteiger partial charge in [-0.05, 0) is 41.5 Å². The summed E-state index contributed by atoms with van der Waals surface area (Å²) in [7, 11) is 1.28. The summed E-state index contributed by atoms with van der Waals surface area (Å²) in [6.07, 6.45) is -4.82. The number of hydrogen-bond donors (Lipinski definition) is 1. The number of carbonyl (C=O) groups is 1. The molecule has 0 spiro atoms. The molecule has 0 saturated heterocycles. The van der Waals surface area contributed by atoms with E-state index in [1.54, 1.807) is 0 Å². The van der Waals surface area contributed by atoms with Crippen molar-refractivity contribution in [2.24, 2.45) is 0 Å². The van der Waals surface area contributed by atoms with Gasteiger partial charge in [0.1, 0.15) is 0 Å². The third-order valence-corrected chi connectivity index (χ3v) is 5.11. The highest BCUT2D eigenvalue weighted by molar-refractivity contribution is 6.31. The number of amides is 1. The fraction of sp³-hybridized carbons (Fsp3) is 0.174. The molecule has 0 fully saturated rings. The maximum absolute atomic E-state index is 14.7. The van der Waals surface area contributed by atoms with Gasteiger partial charge >= 0.3 is 6.18 Å². The minimum absolute atomic E-state index is 0.0418. The van der Waals surface area contributed by atoms with Gasteiger partial charge in [0.15, 0.2) is 11.6 Å². The van der Waals surface area contributed by atoms with Gasteiger partial charge in [0.25, 0.3) is 11.8 Å². The lowest BCUT2D eigenvalue weighted by Gasteiger charge is -2.20. The summed E-state index contributed by atoms with van der Waals surface area (Å²) in [6.45, 7) is -1.28. The smallest absolute Gasteiger partial charge is 0.417 e. The molecule has 3 aromatic rings. The first-order valence-corrected chi connectivity index (χ1v) is 9.78. The minimum atomic E-state index is -4.82. The number of halogens is 7. The third kappa shape index (κ3) is 5.42. The average molecular weight is 488 g/mol. The molecule has 10 heteroatoms. The second kappa shape index (κ2) is 9.35. The van der Waals surface area contributed by atoms with Crippen molar-refractivity contribution < 1.29 is 35.9 Å². The van der Waals surface area contributed by atoms with Crippen molar-refractivity contribution in [3.05, 3.63) is 88.2 Å². The van der Waals surface area contributed by atoms with Crippen molar-refractivity contribution in [2.45, 2.75) is 12.1 Å². The minimum Gasteiger partial charge on any atom is -0.494 e. The van der Waals surface area contributed by atoms with Crippen LogP contribution >= 0.6 is 11.6 Å². The van der Waals surface area contributed by atoms with Crippen molar-refractivity contribution >= 4 is 17.5 Å². The van der Waals surface area contributed by atoms with Crippen LogP contribution in [0.25, 0.3) is 11.1 Å². The Labute approximate surface area is 189 Å². The third-order valence-electron chi connectivity index (χ3n) is 4.80. The molecule has 0 unspecified atom stereocenters. The quantitative estimate of drug-likeness (QED) is 0.393. The Morgan fingerprint density at radius 1 is 0.939 bits per heavy atom. The fourth-order valence-electron chi connectivity index (χ4n) is 3.14. The molecule has 1 N–H and O–H groups in total. The molecular weight excluding hydrogens is 472 g/mol. The monoisotopic (exact) mass is 487 g/mol. The van der Waals surface area contributed by atoms with E-state index in [-0.39, 0.29) is 10.8 Å². The van der Waals surface area contributed by atoms with E-state index in [4.69, 9.17) is 16.3 Å². The summed E-state index contributed by atoms with van der Waals surface area (Å²) in [5.41, 5.74) is -1.77.